The number of nitrogens with zero attached hydrogens (tertiary/aromatic N) is 5. The van der Waals surface area contributed by atoms with Gasteiger partial charge in [-0.25, -0.2) is 19.6 Å². The van der Waals surface area contributed by atoms with Gasteiger partial charge >= 0.3 is 18.3 Å². The van der Waals surface area contributed by atoms with Gasteiger partial charge in [0.15, 0.2) is 0 Å². The smallest absolute Gasteiger partial charge is 0.416 e. The van der Waals surface area contributed by atoms with E-state index in [4.69, 9.17) is 0 Å². The first-order valence-corrected chi connectivity index (χ1v) is 13.6. The predicted molar refractivity (Wildman–Crippen MR) is 159 cm³/mol. The van der Waals surface area contributed by atoms with E-state index in [2.05, 4.69) is 35.6 Å². The van der Waals surface area contributed by atoms with Gasteiger partial charge in [0.25, 0.3) is 5.91 Å². The van der Waals surface area contributed by atoms with Gasteiger partial charge in [0.2, 0.25) is 0 Å². The van der Waals surface area contributed by atoms with Gasteiger partial charge in [0.1, 0.15) is 18.0 Å². The molecule has 15 heteroatoms. The molecule has 12 nitrogen and oxygen atoms in total. The van der Waals surface area contributed by atoms with Crippen LogP contribution in [0.15, 0.2) is 48.8 Å². The fourth-order valence-corrected chi connectivity index (χ4v) is 4.46. The van der Waals surface area contributed by atoms with Crippen molar-refractivity contribution in [2.24, 2.45) is 0 Å². The molecule has 4 amide bonds. The summed E-state index contributed by atoms with van der Waals surface area (Å²) < 4.78 is 46.5. The molecule has 3 aromatic rings. The van der Waals surface area contributed by atoms with E-state index in [0.717, 1.165) is 25.5 Å². The summed E-state index contributed by atoms with van der Waals surface area (Å²) in [5.41, 5.74) is 0.387. The van der Waals surface area contributed by atoms with Crippen molar-refractivity contribution in [3.05, 3.63) is 71.0 Å². The monoisotopic (exact) mass is 614 g/mol. The molecule has 0 radical (unpaired) electrons. The van der Waals surface area contributed by atoms with E-state index in [0.29, 0.717) is 24.3 Å². The van der Waals surface area contributed by atoms with Crippen LogP contribution >= 0.6 is 0 Å². The zero-order valence-corrected chi connectivity index (χ0v) is 24.7. The van der Waals surface area contributed by atoms with Gasteiger partial charge in [0.05, 0.1) is 12.7 Å². The van der Waals surface area contributed by atoms with Gasteiger partial charge < -0.3 is 20.3 Å². The van der Waals surface area contributed by atoms with Crippen LogP contribution in [-0.4, -0.2) is 85.2 Å². The Morgan fingerprint density at radius 1 is 0.977 bits per heavy atom. The zero-order valence-electron chi connectivity index (χ0n) is 24.7. The number of methoxy groups -OCH3 is 1. The van der Waals surface area contributed by atoms with E-state index in [-0.39, 0.29) is 35.0 Å². The number of nitrogens with one attached hydrogen (secondary N) is 3. The highest BCUT2D eigenvalue weighted by Gasteiger charge is 2.34. The second-order valence-electron chi connectivity index (χ2n) is 10.3. The SMILES string of the molecule is COC(=O)Nc1cc(N(C)C(=O)Nc2cc(NC(=O)c3ccc(CN4CCN(C)CC4)c(C(F)(F)F)c3)ccc2C)ncn1. The van der Waals surface area contributed by atoms with Crippen LogP contribution in [0, 0.1) is 6.92 Å². The van der Waals surface area contributed by atoms with Gasteiger partial charge in [-0.1, -0.05) is 12.1 Å². The summed E-state index contributed by atoms with van der Waals surface area (Å²) in [6.45, 7) is 4.73. The van der Waals surface area contributed by atoms with Crippen LogP contribution in [0.2, 0.25) is 0 Å². The lowest BCUT2D eigenvalue weighted by Crippen LogP contribution is -2.44. The summed E-state index contributed by atoms with van der Waals surface area (Å²) in [5, 5.41) is 7.71. The Bertz CT molecular complexity index is 1530. The first kappa shape index (κ1) is 32.2. The summed E-state index contributed by atoms with van der Waals surface area (Å²) in [7, 11) is 4.62. The Hall–Kier alpha value is -4.76. The molecule has 4 rings (SSSR count). The first-order valence-electron chi connectivity index (χ1n) is 13.6. The Morgan fingerprint density at radius 3 is 2.39 bits per heavy atom. The number of rotatable bonds is 7. The number of aryl methyl sites for hydroxylation is 1. The van der Waals surface area contributed by atoms with Crippen LogP contribution < -0.4 is 20.9 Å². The lowest BCUT2D eigenvalue weighted by molar-refractivity contribution is -0.138. The average molecular weight is 615 g/mol. The molecule has 2 aromatic carbocycles. The molecule has 0 bridgehead atoms. The fourth-order valence-electron chi connectivity index (χ4n) is 4.46. The standard InChI is InChI=1S/C29H33F3N8O4/c1-18-5-8-21(14-23(18)36-27(42)39(3)25-15-24(33-17-34-25)37-28(43)44-4)35-26(41)19-6-7-20(22(13-19)29(30,31)32)16-40-11-9-38(2)10-12-40/h5-8,13-15,17H,9-12,16H2,1-4H3,(H,35,41)(H,36,42)(H,33,34,37,43). The molecule has 44 heavy (non-hydrogen) atoms. The van der Waals surface area contributed by atoms with Crippen LogP contribution in [0.25, 0.3) is 0 Å². The van der Waals surface area contributed by atoms with Crippen LogP contribution in [0.1, 0.15) is 27.0 Å². The summed E-state index contributed by atoms with van der Waals surface area (Å²) in [6.07, 6.45) is -4.22. The first-order chi connectivity index (χ1) is 20.8. The maximum absolute atomic E-state index is 14.0. The van der Waals surface area contributed by atoms with E-state index in [1.165, 1.54) is 43.3 Å². The fraction of sp³-hybridized carbons (Fsp3) is 0.345. The maximum Gasteiger partial charge on any atom is 0.416 e. The number of alkyl halides is 3. The summed E-state index contributed by atoms with van der Waals surface area (Å²) in [4.78, 5) is 50.7. The van der Waals surface area contributed by atoms with Gasteiger partial charge in [-0.3, -0.25) is 19.9 Å². The van der Waals surface area contributed by atoms with E-state index >= 15 is 0 Å². The number of halogens is 3. The van der Waals surface area contributed by atoms with Gasteiger partial charge in [-0.15, -0.1) is 0 Å². The molecule has 0 saturated carbocycles. The van der Waals surface area contributed by atoms with Crippen LogP contribution in [0.5, 0.6) is 0 Å². The number of piperazine rings is 1. The van der Waals surface area contributed by atoms with Crippen molar-refractivity contribution in [3.63, 3.8) is 0 Å². The van der Waals surface area contributed by atoms with Crippen molar-refractivity contribution in [3.8, 4) is 0 Å². The lowest BCUT2D eigenvalue weighted by Gasteiger charge is -2.33. The molecule has 1 aliphatic rings. The third-order valence-electron chi connectivity index (χ3n) is 7.12. The quantitative estimate of drug-likeness (QED) is 0.351. The van der Waals surface area contributed by atoms with Gasteiger partial charge in [-0.05, 0) is 49.4 Å². The van der Waals surface area contributed by atoms with Gasteiger partial charge in [0, 0.05) is 62.8 Å². The van der Waals surface area contributed by atoms with Crippen molar-refractivity contribution in [2.75, 3.05) is 68.2 Å². The van der Waals surface area contributed by atoms with Crippen molar-refractivity contribution >= 4 is 41.0 Å². The van der Waals surface area contributed by atoms with Crippen molar-refractivity contribution in [1.82, 2.24) is 19.8 Å². The lowest BCUT2D eigenvalue weighted by atomic mass is 10.0. The number of benzene rings is 2. The molecule has 1 saturated heterocycles. The molecule has 1 fully saturated rings. The van der Waals surface area contributed by atoms with Crippen LogP contribution in [0.3, 0.4) is 0 Å². The van der Waals surface area contributed by atoms with E-state index in [1.54, 1.807) is 19.1 Å². The second-order valence-corrected chi connectivity index (χ2v) is 10.3. The molecule has 0 aliphatic carbocycles. The van der Waals surface area contributed by atoms with E-state index in [9.17, 15) is 27.6 Å². The highest BCUT2D eigenvalue weighted by Crippen LogP contribution is 2.34. The number of aromatic nitrogens is 2. The minimum Gasteiger partial charge on any atom is -0.453 e. The topological polar surface area (TPSA) is 132 Å². The molecule has 0 atom stereocenters. The van der Waals surface area contributed by atoms with E-state index in [1.807, 2.05) is 11.9 Å². The third-order valence-corrected chi connectivity index (χ3v) is 7.12. The number of anilines is 4. The van der Waals surface area contributed by atoms with Crippen molar-refractivity contribution < 1.29 is 32.3 Å². The maximum atomic E-state index is 14.0. The molecule has 2 heterocycles. The minimum atomic E-state index is -4.63. The molecular formula is C29H33F3N8O4. The summed E-state index contributed by atoms with van der Waals surface area (Å²) in [6, 6.07) is 9.10. The predicted octanol–water partition coefficient (Wildman–Crippen LogP) is 4.65. The number of carbonyl (C=O) groups excluding carboxylic acids is 3. The van der Waals surface area contributed by atoms with Crippen molar-refractivity contribution in [2.45, 2.75) is 19.6 Å². The molecule has 1 aromatic heterocycles. The van der Waals surface area contributed by atoms with Gasteiger partial charge in [-0.2, -0.15) is 13.2 Å². The van der Waals surface area contributed by atoms with Crippen molar-refractivity contribution in [1.29, 1.82) is 0 Å². The third kappa shape index (κ3) is 8.20. The number of urea groups is 1. The number of amides is 4. The highest BCUT2D eigenvalue weighted by atomic mass is 19.4. The van der Waals surface area contributed by atoms with Crippen LogP contribution in [-0.2, 0) is 17.5 Å². The number of hydrogen-bond acceptors (Lipinski definition) is 8. The summed E-state index contributed by atoms with van der Waals surface area (Å²) in [5.74, 6) is -0.447. The zero-order chi connectivity index (χ0) is 32.0. The van der Waals surface area contributed by atoms with E-state index < -0.39 is 29.8 Å². The number of likely N-dealkylation sites (N-methyl/N-ethyl adjacent to an activating group) is 1. The largest absolute Gasteiger partial charge is 0.453 e. The molecule has 0 unspecified atom stereocenters. The molecule has 234 valence electrons. The number of ether oxygens (including phenoxy) is 1. The summed E-state index contributed by atoms with van der Waals surface area (Å²) >= 11 is 0. The molecule has 0 spiro atoms. The Kier molecular flexibility index (Phi) is 10.0. The Balaban J connectivity index is 1.46. The Morgan fingerprint density at radius 2 is 1.70 bits per heavy atom. The highest BCUT2D eigenvalue weighted by molar-refractivity contribution is 6.05. The Labute approximate surface area is 252 Å². The molecule has 1 aliphatic heterocycles. The molecular weight excluding hydrogens is 581 g/mol. The van der Waals surface area contributed by atoms with Crippen LogP contribution in [0.4, 0.5) is 45.8 Å². The second kappa shape index (κ2) is 13.7. The normalized spacial score (nSPS) is 14.1. The number of carbonyl (C=O) groups is 3. The molecule has 3 N–H and O–H groups in total. The average Bonchev–Trinajstić information content (AvgIpc) is 2.99. The minimum absolute atomic E-state index is 0.111. The number of hydrogen-bond donors (Lipinski definition) is 3.